The van der Waals surface area contributed by atoms with Crippen LogP contribution < -0.4 is 4.74 Å². The average Bonchev–Trinajstić information content (AvgIpc) is 2.68. The van der Waals surface area contributed by atoms with E-state index in [4.69, 9.17) is 9.47 Å². The van der Waals surface area contributed by atoms with E-state index in [1.807, 2.05) is 24.3 Å². The van der Waals surface area contributed by atoms with Crippen molar-refractivity contribution in [2.75, 3.05) is 32.9 Å². The first-order valence-corrected chi connectivity index (χ1v) is 9.50. The van der Waals surface area contributed by atoms with Crippen LogP contribution >= 0.6 is 0 Å². The third-order valence-corrected chi connectivity index (χ3v) is 5.31. The van der Waals surface area contributed by atoms with E-state index in [0.29, 0.717) is 17.9 Å². The summed E-state index contributed by atoms with van der Waals surface area (Å²) in [5, 5.41) is 0. The van der Waals surface area contributed by atoms with E-state index in [0.717, 1.165) is 31.3 Å². The lowest BCUT2D eigenvalue weighted by molar-refractivity contribution is -0.0910. The number of hydrogen-bond donors (Lipinski definition) is 0. The van der Waals surface area contributed by atoms with Crippen molar-refractivity contribution in [3.8, 4) is 5.75 Å². The Labute approximate surface area is 166 Å². The number of fused-ring (bicyclic) bond motifs is 1. The van der Waals surface area contributed by atoms with Crippen LogP contribution in [0.25, 0.3) is 0 Å². The van der Waals surface area contributed by atoms with Gasteiger partial charge in [-0.15, -0.1) is 0 Å². The fourth-order valence-corrected chi connectivity index (χ4v) is 3.76. The normalized spacial score (nSPS) is 22.1. The number of rotatable bonds is 6. The molecule has 154 valence electrons. The molecule has 3 nitrogen and oxygen atoms in total. The zero-order valence-corrected chi connectivity index (χ0v) is 15.7. The Bertz CT molecular complexity index is 862. The lowest BCUT2D eigenvalue weighted by atomic mass is 9.83. The molecule has 0 N–H and O–H groups in total. The molecule has 0 amide bonds. The van der Waals surface area contributed by atoms with Gasteiger partial charge in [0.25, 0.3) is 0 Å². The molecule has 0 spiro atoms. The number of allylic oxidation sites excluding steroid dienone is 6. The minimum Gasteiger partial charge on any atom is -0.492 e. The van der Waals surface area contributed by atoms with Crippen molar-refractivity contribution in [1.82, 2.24) is 4.90 Å². The summed E-state index contributed by atoms with van der Waals surface area (Å²) in [5.41, 5.74) is 0.562. The molecule has 1 unspecified atom stereocenters. The largest absolute Gasteiger partial charge is 0.492 e. The first kappa shape index (κ1) is 19.8. The molecule has 2 aliphatic heterocycles. The fraction of sp³-hybridized carbons (Fsp3) is 0.364. The van der Waals surface area contributed by atoms with E-state index >= 15 is 0 Å². The van der Waals surface area contributed by atoms with Gasteiger partial charge in [-0.3, -0.25) is 9.29 Å². The lowest BCUT2D eigenvalue weighted by Gasteiger charge is -2.37. The van der Waals surface area contributed by atoms with Gasteiger partial charge in [0.15, 0.2) is 0 Å². The summed E-state index contributed by atoms with van der Waals surface area (Å²) in [7, 11) is 0. The monoisotopic (exact) mass is 407 g/mol. The van der Waals surface area contributed by atoms with Gasteiger partial charge in [0, 0.05) is 37.0 Å². The van der Waals surface area contributed by atoms with Gasteiger partial charge >= 0.3 is 6.18 Å². The summed E-state index contributed by atoms with van der Waals surface area (Å²) in [6.45, 7) is 2.53. The number of nitrogens with zero attached hydrogens (tertiary/aromatic N) is 1. The summed E-state index contributed by atoms with van der Waals surface area (Å²) in [5.74, 6) is 0.377. The SMILES string of the molecule is FCC1CN(CCOc2ccc(C3C=CC(C(F)(F)F)=C4OC=CC=C43)cc2)C1. The smallest absolute Gasteiger partial charge is 0.419 e. The Morgan fingerprint density at radius 1 is 1.14 bits per heavy atom. The van der Waals surface area contributed by atoms with Crippen molar-refractivity contribution < 1.29 is 27.0 Å². The van der Waals surface area contributed by atoms with E-state index < -0.39 is 11.7 Å². The van der Waals surface area contributed by atoms with Gasteiger partial charge in [-0.1, -0.05) is 24.3 Å². The fourth-order valence-electron chi connectivity index (χ4n) is 3.76. The van der Waals surface area contributed by atoms with Crippen molar-refractivity contribution in [2.24, 2.45) is 5.92 Å². The predicted molar refractivity (Wildman–Crippen MR) is 101 cm³/mol. The molecular weight excluding hydrogens is 386 g/mol. The van der Waals surface area contributed by atoms with Crippen LogP contribution in [-0.4, -0.2) is 44.0 Å². The molecule has 1 aromatic rings. The molecule has 2 heterocycles. The summed E-state index contributed by atoms with van der Waals surface area (Å²) < 4.78 is 63.2. The molecule has 1 aliphatic carbocycles. The second kappa shape index (κ2) is 8.06. The second-order valence-corrected chi connectivity index (χ2v) is 7.34. The Balaban J connectivity index is 1.40. The Hall–Kier alpha value is -2.54. The number of ether oxygens (including phenoxy) is 2. The van der Waals surface area contributed by atoms with Crippen LogP contribution in [0.5, 0.6) is 5.75 Å². The van der Waals surface area contributed by atoms with E-state index in [-0.39, 0.29) is 24.3 Å². The second-order valence-electron chi connectivity index (χ2n) is 7.34. The number of likely N-dealkylation sites (tertiary alicyclic amines) is 1. The zero-order valence-electron chi connectivity index (χ0n) is 15.7. The van der Waals surface area contributed by atoms with Gasteiger partial charge in [-0.05, 0) is 29.8 Å². The van der Waals surface area contributed by atoms with Gasteiger partial charge in [-0.25, -0.2) is 0 Å². The average molecular weight is 407 g/mol. The molecule has 1 fully saturated rings. The van der Waals surface area contributed by atoms with Crippen LogP contribution in [0.4, 0.5) is 17.6 Å². The maximum absolute atomic E-state index is 13.3. The highest BCUT2D eigenvalue weighted by Gasteiger charge is 2.40. The van der Waals surface area contributed by atoms with Crippen molar-refractivity contribution in [3.63, 3.8) is 0 Å². The number of alkyl halides is 4. The van der Waals surface area contributed by atoms with Crippen LogP contribution in [0.1, 0.15) is 11.5 Å². The molecule has 1 saturated heterocycles. The third-order valence-electron chi connectivity index (χ3n) is 5.31. The highest BCUT2D eigenvalue weighted by Crippen LogP contribution is 2.43. The van der Waals surface area contributed by atoms with E-state index in [1.54, 1.807) is 18.2 Å². The van der Waals surface area contributed by atoms with Crippen molar-refractivity contribution in [3.05, 3.63) is 77.3 Å². The Kier molecular flexibility index (Phi) is 5.50. The van der Waals surface area contributed by atoms with Crippen molar-refractivity contribution >= 4 is 0 Å². The molecule has 4 rings (SSSR count). The molecule has 3 aliphatic rings. The van der Waals surface area contributed by atoms with Gasteiger partial charge in [0.05, 0.1) is 18.5 Å². The highest BCUT2D eigenvalue weighted by molar-refractivity contribution is 5.54. The zero-order chi connectivity index (χ0) is 20.4. The summed E-state index contributed by atoms with van der Waals surface area (Å²) in [4.78, 5) is 2.14. The van der Waals surface area contributed by atoms with Crippen molar-refractivity contribution in [2.45, 2.75) is 12.1 Å². The summed E-state index contributed by atoms with van der Waals surface area (Å²) in [6, 6.07) is 7.32. The van der Waals surface area contributed by atoms with Crippen LogP contribution in [-0.2, 0) is 4.74 Å². The quantitative estimate of drug-likeness (QED) is 0.626. The number of halogens is 4. The first-order chi connectivity index (χ1) is 14.0. The van der Waals surface area contributed by atoms with E-state index in [1.165, 1.54) is 6.26 Å². The molecule has 7 heteroatoms. The van der Waals surface area contributed by atoms with E-state index in [9.17, 15) is 17.6 Å². The van der Waals surface area contributed by atoms with Gasteiger partial charge < -0.3 is 9.47 Å². The minimum absolute atomic E-state index is 0.144. The van der Waals surface area contributed by atoms with Crippen LogP contribution in [0, 0.1) is 5.92 Å². The van der Waals surface area contributed by atoms with E-state index in [2.05, 4.69) is 4.90 Å². The predicted octanol–water partition coefficient (Wildman–Crippen LogP) is 4.91. The van der Waals surface area contributed by atoms with Gasteiger partial charge in [0.1, 0.15) is 18.1 Å². The maximum atomic E-state index is 13.3. The Morgan fingerprint density at radius 2 is 1.90 bits per heavy atom. The number of hydrogen-bond acceptors (Lipinski definition) is 3. The standard InChI is InChI=1S/C22H21F4NO2/c23-12-15-13-27(14-15)9-11-28-17-5-3-16(4-6-17)18-7-8-20(22(24,25)26)21-19(18)2-1-10-29-21/h1-8,10,15,18H,9,11-14H2. The first-order valence-electron chi connectivity index (χ1n) is 9.50. The summed E-state index contributed by atoms with van der Waals surface area (Å²) >= 11 is 0. The molecule has 0 bridgehead atoms. The molecule has 0 saturated carbocycles. The van der Waals surface area contributed by atoms with Gasteiger partial charge in [0.2, 0.25) is 0 Å². The summed E-state index contributed by atoms with van der Waals surface area (Å²) in [6.07, 6.45) is 2.66. The van der Waals surface area contributed by atoms with Gasteiger partial charge in [-0.2, -0.15) is 13.2 Å². The third kappa shape index (κ3) is 4.24. The minimum atomic E-state index is -4.47. The molecule has 1 aromatic carbocycles. The Morgan fingerprint density at radius 3 is 2.59 bits per heavy atom. The van der Waals surface area contributed by atoms with Crippen LogP contribution in [0.2, 0.25) is 0 Å². The molecule has 29 heavy (non-hydrogen) atoms. The van der Waals surface area contributed by atoms with Crippen molar-refractivity contribution in [1.29, 1.82) is 0 Å². The lowest BCUT2D eigenvalue weighted by Crippen LogP contribution is -2.49. The number of benzene rings is 1. The molecule has 1 atom stereocenters. The van der Waals surface area contributed by atoms with Crippen LogP contribution in [0.3, 0.4) is 0 Å². The molecule has 0 aromatic heterocycles. The van der Waals surface area contributed by atoms with Crippen LogP contribution in [0.15, 0.2) is 71.7 Å². The topological polar surface area (TPSA) is 21.7 Å². The maximum Gasteiger partial charge on any atom is 0.419 e. The highest BCUT2D eigenvalue weighted by atomic mass is 19.4. The molecule has 0 radical (unpaired) electrons. The molecular formula is C22H21F4NO2.